The summed E-state index contributed by atoms with van der Waals surface area (Å²) in [6, 6.07) is 0. The molecule has 114 valence electrons. The van der Waals surface area contributed by atoms with Crippen molar-refractivity contribution in [3.63, 3.8) is 0 Å². The van der Waals surface area contributed by atoms with E-state index in [-0.39, 0.29) is 11.9 Å². The third-order valence-electron chi connectivity index (χ3n) is 3.84. The van der Waals surface area contributed by atoms with Crippen LogP contribution in [0.4, 0.5) is 0 Å². The van der Waals surface area contributed by atoms with Crippen LogP contribution in [0.15, 0.2) is 0 Å². The molecule has 0 fully saturated rings. The normalized spacial score (nSPS) is 17.6. The maximum Gasteiger partial charge on any atom is 0.308 e. The van der Waals surface area contributed by atoms with Gasteiger partial charge in [-0.15, -0.1) is 0 Å². The van der Waals surface area contributed by atoms with Gasteiger partial charge in [0, 0.05) is 0 Å². The van der Waals surface area contributed by atoms with Gasteiger partial charge in [-0.05, 0) is 43.9 Å². The monoisotopic (exact) mass is 270 g/mol. The molecule has 2 heteroatoms. The van der Waals surface area contributed by atoms with Gasteiger partial charge in [0.05, 0.1) is 12.5 Å². The van der Waals surface area contributed by atoms with Crippen molar-refractivity contribution < 1.29 is 9.53 Å². The van der Waals surface area contributed by atoms with Crippen LogP contribution in [0.5, 0.6) is 0 Å². The van der Waals surface area contributed by atoms with Crippen molar-refractivity contribution in [3.8, 4) is 0 Å². The maximum atomic E-state index is 11.6. The van der Waals surface area contributed by atoms with Gasteiger partial charge < -0.3 is 4.74 Å². The average Bonchev–Trinajstić information content (AvgIpc) is 2.28. The maximum absolute atomic E-state index is 11.6. The van der Waals surface area contributed by atoms with Crippen LogP contribution in [0, 0.1) is 23.7 Å². The topological polar surface area (TPSA) is 26.3 Å². The number of carbonyl (C=O) groups is 1. The number of ether oxygens (including phenoxy) is 1. The lowest BCUT2D eigenvalue weighted by Crippen LogP contribution is -2.18. The van der Waals surface area contributed by atoms with E-state index < -0.39 is 0 Å². The van der Waals surface area contributed by atoms with E-state index in [2.05, 4.69) is 27.7 Å². The summed E-state index contributed by atoms with van der Waals surface area (Å²) in [5, 5.41) is 0. The summed E-state index contributed by atoms with van der Waals surface area (Å²) in [7, 11) is 0. The van der Waals surface area contributed by atoms with Crippen molar-refractivity contribution in [3.05, 3.63) is 0 Å². The molecular weight excluding hydrogens is 236 g/mol. The Hall–Kier alpha value is -0.530. The van der Waals surface area contributed by atoms with Crippen molar-refractivity contribution in [1.82, 2.24) is 0 Å². The molecule has 0 bridgehead atoms. The second-order valence-corrected chi connectivity index (χ2v) is 6.46. The zero-order valence-electron chi connectivity index (χ0n) is 13.9. The molecule has 0 aromatic heterocycles. The largest absolute Gasteiger partial charge is 0.466 e. The Labute approximate surface area is 120 Å². The molecule has 0 aliphatic carbocycles. The molecule has 1 unspecified atom stereocenters. The van der Waals surface area contributed by atoms with E-state index in [1.807, 2.05) is 13.8 Å². The number of carbonyl (C=O) groups excluding carboxylic acids is 1. The highest BCUT2D eigenvalue weighted by atomic mass is 16.5. The van der Waals surface area contributed by atoms with E-state index in [9.17, 15) is 4.79 Å². The van der Waals surface area contributed by atoms with E-state index in [0.717, 1.165) is 18.3 Å². The Balaban J connectivity index is 3.95. The predicted molar refractivity (Wildman–Crippen MR) is 82.0 cm³/mol. The highest BCUT2D eigenvalue weighted by Gasteiger charge is 2.19. The van der Waals surface area contributed by atoms with E-state index in [1.165, 1.54) is 25.7 Å². The zero-order chi connectivity index (χ0) is 14.8. The summed E-state index contributed by atoms with van der Waals surface area (Å²) in [5.41, 5.74) is 0. The second kappa shape index (κ2) is 10.3. The summed E-state index contributed by atoms with van der Waals surface area (Å²) < 4.78 is 5.07. The molecule has 0 saturated heterocycles. The standard InChI is InChI=1S/C17H34O2/c1-7-9-13(3)10-14(4)11-15(5)12-16(6)17(18)19-8-2/h13-16H,7-12H2,1-6H3/t13-,14-,15-,16?/m0/s1. The van der Waals surface area contributed by atoms with E-state index in [1.54, 1.807) is 0 Å². The van der Waals surface area contributed by atoms with Gasteiger partial charge in [-0.3, -0.25) is 4.79 Å². The van der Waals surface area contributed by atoms with Crippen molar-refractivity contribution in [2.24, 2.45) is 23.7 Å². The lowest BCUT2D eigenvalue weighted by molar-refractivity contribution is -0.148. The first-order valence-corrected chi connectivity index (χ1v) is 8.07. The zero-order valence-corrected chi connectivity index (χ0v) is 13.9. The van der Waals surface area contributed by atoms with Gasteiger partial charge in [-0.1, -0.05) is 47.5 Å². The number of hydrogen-bond donors (Lipinski definition) is 0. The van der Waals surface area contributed by atoms with Crippen LogP contribution < -0.4 is 0 Å². The van der Waals surface area contributed by atoms with E-state index >= 15 is 0 Å². The molecule has 0 saturated carbocycles. The molecule has 0 aliphatic heterocycles. The summed E-state index contributed by atoms with van der Waals surface area (Å²) in [6.07, 6.45) is 6.09. The van der Waals surface area contributed by atoms with Crippen molar-refractivity contribution in [1.29, 1.82) is 0 Å². The fourth-order valence-corrected chi connectivity index (χ4v) is 3.16. The quantitative estimate of drug-likeness (QED) is 0.518. The summed E-state index contributed by atoms with van der Waals surface area (Å²) in [4.78, 5) is 11.6. The molecule has 0 heterocycles. The van der Waals surface area contributed by atoms with Gasteiger partial charge in [0.2, 0.25) is 0 Å². The van der Waals surface area contributed by atoms with E-state index in [4.69, 9.17) is 4.74 Å². The number of hydrogen-bond acceptors (Lipinski definition) is 2. The molecule has 0 aliphatic rings. The fraction of sp³-hybridized carbons (Fsp3) is 0.941. The Bertz CT molecular complexity index is 237. The summed E-state index contributed by atoms with van der Waals surface area (Å²) in [5.74, 6) is 2.18. The number of rotatable bonds is 10. The van der Waals surface area contributed by atoms with Crippen LogP contribution in [0.1, 0.15) is 73.6 Å². The van der Waals surface area contributed by atoms with Gasteiger partial charge in [0.1, 0.15) is 0 Å². The second-order valence-electron chi connectivity index (χ2n) is 6.46. The highest BCUT2D eigenvalue weighted by molar-refractivity contribution is 5.71. The SMILES string of the molecule is CCC[C@H](C)C[C@H](C)C[C@H](C)CC(C)C(=O)OCC. The first kappa shape index (κ1) is 18.5. The highest BCUT2D eigenvalue weighted by Crippen LogP contribution is 2.26. The molecule has 0 aromatic rings. The molecule has 2 nitrogen and oxygen atoms in total. The van der Waals surface area contributed by atoms with Crippen LogP contribution in [-0.2, 0) is 9.53 Å². The minimum Gasteiger partial charge on any atom is -0.466 e. The molecule has 19 heavy (non-hydrogen) atoms. The van der Waals surface area contributed by atoms with E-state index in [0.29, 0.717) is 12.5 Å². The lowest BCUT2D eigenvalue weighted by Gasteiger charge is -2.22. The van der Waals surface area contributed by atoms with Gasteiger partial charge >= 0.3 is 5.97 Å². The first-order valence-electron chi connectivity index (χ1n) is 8.07. The Morgan fingerprint density at radius 3 is 1.95 bits per heavy atom. The average molecular weight is 270 g/mol. The van der Waals surface area contributed by atoms with Gasteiger partial charge in [0.25, 0.3) is 0 Å². The molecule has 0 N–H and O–H groups in total. The molecule has 0 radical (unpaired) electrons. The minimum absolute atomic E-state index is 0.0372. The van der Waals surface area contributed by atoms with Crippen LogP contribution >= 0.6 is 0 Å². The molecule has 0 spiro atoms. The summed E-state index contributed by atoms with van der Waals surface area (Å²) >= 11 is 0. The van der Waals surface area contributed by atoms with Crippen LogP contribution in [-0.4, -0.2) is 12.6 Å². The molecule has 0 amide bonds. The Kier molecular flexibility index (Phi) is 9.99. The molecule has 0 aromatic carbocycles. The predicted octanol–water partition coefficient (Wildman–Crippen LogP) is 5.06. The van der Waals surface area contributed by atoms with Crippen molar-refractivity contribution in [2.75, 3.05) is 6.61 Å². The number of esters is 1. The van der Waals surface area contributed by atoms with Crippen molar-refractivity contribution >= 4 is 5.97 Å². The summed E-state index contributed by atoms with van der Waals surface area (Å²) in [6.45, 7) is 13.6. The van der Waals surface area contributed by atoms with Crippen LogP contribution in [0.3, 0.4) is 0 Å². The minimum atomic E-state index is -0.0404. The lowest BCUT2D eigenvalue weighted by atomic mass is 9.84. The third-order valence-corrected chi connectivity index (χ3v) is 3.84. The van der Waals surface area contributed by atoms with Gasteiger partial charge in [-0.2, -0.15) is 0 Å². The molecule has 4 atom stereocenters. The first-order chi connectivity index (χ1) is 8.90. The Morgan fingerprint density at radius 2 is 1.42 bits per heavy atom. The fourth-order valence-electron chi connectivity index (χ4n) is 3.16. The van der Waals surface area contributed by atoms with Crippen LogP contribution in [0.2, 0.25) is 0 Å². The van der Waals surface area contributed by atoms with Gasteiger partial charge in [0.15, 0.2) is 0 Å². The van der Waals surface area contributed by atoms with Crippen molar-refractivity contribution in [2.45, 2.75) is 73.6 Å². The molecular formula is C17H34O2. The van der Waals surface area contributed by atoms with Gasteiger partial charge in [-0.25, -0.2) is 0 Å². The molecule has 0 rings (SSSR count). The third kappa shape index (κ3) is 9.07. The van der Waals surface area contributed by atoms with Crippen LogP contribution in [0.25, 0.3) is 0 Å². The Morgan fingerprint density at radius 1 is 0.895 bits per heavy atom. The smallest absolute Gasteiger partial charge is 0.308 e.